The lowest BCUT2D eigenvalue weighted by Gasteiger charge is -2.35. The Morgan fingerprint density at radius 3 is 2.67 bits per heavy atom. The second kappa shape index (κ2) is 8.11. The van der Waals surface area contributed by atoms with Crippen molar-refractivity contribution in [2.45, 2.75) is 62.7 Å². The molecule has 194 valence electrons. The van der Waals surface area contributed by atoms with Gasteiger partial charge in [-0.25, -0.2) is 4.79 Å². The molecule has 9 heteroatoms. The first-order valence-electron chi connectivity index (χ1n) is 12.7. The Kier molecular flexibility index (Phi) is 5.32. The zero-order chi connectivity index (χ0) is 25.4. The minimum Gasteiger partial charge on any atom is -0.497 e. The molecule has 1 spiro atoms. The van der Waals surface area contributed by atoms with E-state index in [1.807, 2.05) is 26.0 Å². The number of benzene rings is 1. The number of carbonyl (C=O) groups excluding carboxylic acids is 2. The van der Waals surface area contributed by atoms with Gasteiger partial charge >= 0.3 is 11.9 Å². The molecule has 5 atom stereocenters. The lowest BCUT2D eigenvalue weighted by molar-refractivity contribution is -0.179. The highest BCUT2D eigenvalue weighted by Crippen LogP contribution is 2.74. The van der Waals surface area contributed by atoms with Gasteiger partial charge in [-0.05, 0) is 60.6 Å². The molecule has 2 fully saturated rings. The summed E-state index contributed by atoms with van der Waals surface area (Å²) in [7, 11) is 2.85. The molecule has 1 saturated carbocycles. The Labute approximate surface area is 210 Å². The third-order valence-electron chi connectivity index (χ3n) is 8.60. The van der Waals surface area contributed by atoms with Crippen molar-refractivity contribution >= 4 is 11.9 Å². The average molecular weight is 500 g/mol. The smallest absolute Gasteiger partial charge is 0.339 e. The van der Waals surface area contributed by atoms with Gasteiger partial charge < -0.3 is 28.8 Å². The molecule has 1 N–H and O–H groups in total. The molecule has 0 bridgehead atoms. The summed E-state index contributed by atoms with van der Waals surface area (Å²) in [6.07, 6.45) is 0.784. The summed E-state index contributed by atoms with van der Waals surface area (Å²) in [4.78, 5) is 28.2. The molecular weight excluding hydrogens is 466 g/mol. The fourth-order valence-corrected chi connectivity index (χ4v) is 7.35. The van der Waals surface area contributed by atoms with Crippen molar-refractivity contribution in [3.05, 3.63) is 34.6 Å². The van der Waals surface area contributed by atoms with Crippen LogP contribution in [0.5, 0.6) is 11.5 Å². The van der Waals surface area contributed by atoms with E-state index in [1.165, 1.54) is 12.7 Å². The highest BCUT2D eigenvalue weighted by Gasteiger charge is 2.79. The summed E-state index contributed by atoms with van der Waals surface area (Å²) < 4.78 is 28.2. The van der Waals surface area contributed by atoms with Gasteiger partial charge in [0.15, 0.2) is 23.2 Å². The first-order valence-corrected chi connectivity index (χ1v) is 12.7. The average Bonchev–Trinajstić information content (AvgIpc) is 3.12. The van der Waals surface area contributed by atoms with Crippen LogP contribution in [0.3, 0.4) is 0 Å². The number of methoxy groups -OCH3 is 2. The van der Waals surface area contributed by atoms with Crippen LogP contribution in [0.15, 0.2) is 23.5 Å². The van der Waals surface area contributed by atoms with E-state index in [4.69, 9.17) is 23.7 Å². The fourth-order valence-electron chi connectivity index (χ4n) is 7.35. The van der Waals surface area contributed by atoms with Crippen LogP contribution in [0.4, 0.5) is 0 Å². The Balaban J connectivity index is 1.41. The standard InChI is InChI=1S/C27H33NO8/c1-14(2)11-26(31,12-20(29)32-3)25(30)36-24-21-16-10-19-18(34-13-35-19)9-15(16)5-7-28-8-6-17-22(23(24)33-4)27(17,21)28/h9-10,14,17,21,24,31H,5-8,11-13H2,1-4H3/t17?,21-,24+,26-,27-/m1/s1. The number of fused-ring (bicyclic) bond motifs is 4. The van der Waals surface area contributed by atoms with Gasteiger partial charge in [0.05, 0.1) is 32.1 Å². The van der Waals surface area contributed by atoms with Gasteiger partial charge in [-0.2, -0.15) is 0 Å². The van der Waals surface area contributed by atoms with Crippen LogP contribution in [0, 0.1) is 11.8 Å². The van der Waals surface area contributed by atoms with Gasteiger partial charge in [-0.15, -0.1) is 0 Å². The molecule has 6 rings (SSSR count). The number of hydrogen-bond acceptors (Lipinski definition) is 9. The lowest BCUT2D eigenvalue weighted by atomic mass is 9.82. The molecule has 1 aromatic carbocycles. The van der Waals surface area contributed by atoms with E-state index in [2.05, 4.69) is 4.90 Å². The van der Waals surface area contributed by atoms with Crippen molar-refractivity contribution in [1.82, 2.24) is 4.90 Å². The van der Waals surface area contributed by atoms with Crippen LogP contribution in [0.1, 0.15) is 50.2 Å². The second-order valence-electron chi connectivity index (χ2n) is 11.0. The number of aliphatic hydroxyl groups is 1. The van der Waals surface area contributed by atoms with Crippen molar-refractivity contribution in [3.63, 3.8) is 0 Å². The summed E-state index contributed by atoms with van der Waals surface area (Å²) >= 11 is 0. The molecule has 0 amide bonds. The summed E-state index contributed by atoms with van der Waals surface area (Å²) in [6, 6.07) is 4.07. The molecule has 36 heavy (non-hydrogen) atoms. The maximum atomic E-state index is 13.6. The van der Waals surface area contributed by atoms with Gasteiger partial charge in [-0.1, -0.05) is 13.8 Å². The largest absolute Gasteiger partial charge is 0.497 e. The molecule has 3 heterocycles. The van der Waals surface area contributed by atoms with E-state index < -0.39 is 30.1 Å². The first-order chi connectivity index (χ1) is 17.2. The van der Waals surface area contributed by atoms with Crippen LogP contribution in [-0.4, -0.2) is 73.3 Å². The van der Waals surface area contributed by atoms with Gasteiger partial charge in [0, 0.05) is 12.5 Å². The third kappa shape index (κ3) is 3.14. The summed E-state index contributed by atoms with van der Waals surface area (Å²) in [6.45, 7) is 5.81. The van der Waals surface area contributed by atoms with Crippen molar-refractivity contribution in [3.8, 4) is 11.5 Å². The Bertz CT molecular complexity index is 1160. The number of carbonyl (C=O) groups is 2. The molecular formula is C27H33NO8. The first kappa shape index (κ1) is 23.6. The van der Waals surface area contributed by atoms with Crippen LogP contribution in [0.2, 0.25) is 0 Å². The number of rotatable bonds is 7. The zero-order valence-electron chi connectivity index (χ0n) is 21.2. The second-order valence-corrected chi connectivity index (χ2v) is 11.0. The van der Waals surface area contributed by atoms with E-state index in [0.29, 0.717) is 17.4 Å². The van der Waals surface area contributed by atoms with Crippen LogP contribution in [-0.2, 0) is 30.2 Å². The van der Waals surface area contributed by atoms with Gasteiger partial charge in [-0.3, -0.25) is 9.69 Å². The maximum absolute atomic E-state index is 13.6. The number of esters is 2. The van der Waals surface area contributed by atoms with Crippen molar-refractivity contribution in [1.29, 1.82) is 0 Å². The van der Waals surface area contributed by atoms with Gasteiger partial charge in [0.2, 0.25) is 6.79 Å². The van der Waals surface area contributed by atoms with Crippen molar-refractivity contribution < 1.29 is 38.4 Å². The van der Waals surface area contributed by atoms with Crippen LogP contribution < -0.4 is 9.47 Å². The minimum atomic E-state index is -1.99. The molecule has 2 aliphatic carbocycles. The van der Waals surface area contributed by atoms with Crippen LogP contribution in [0.25, 0.3) is 0 Å². The predicted octanol–water partition coefficient (Wildman–Crippen LogP) is 2.30. The molecule has 1 unspecified atom stereocenters. The highest BCUT2D eigenvalue weighted by molar-refractivity contribution is 5.86. The fraction of sp³-hybridized carbons (Fsp3) is 0.630. The molecule has 3 aliphatic heterocycles. The number of nitrogens with zero attached hydrogens (tertiary/aromatic N) is 1. The van der Waals surface area contributed by atoms with Gasteiger partial charge in [0.25, 0.3) is 0 Å². The summed E-state index contributed by atoms with van der Waals surface area (Å²) in [5, 5.41) is 11.4. The van der Waals surface area contributed by atoms with Crippen molar-refractivity contribution in [2.24, 2.45) is 11.8 Å². The normalized spacial score (nSPS) is 30.8. The highest BCUT2D eigenvalue weighted by atomic mass is 16.7. The van der Waals surface area contributed by atoms with E-state index in [0.717, 1.165) is 42.8 Å². The Morgan fingerprint density at radius 2 is 1.97 bits per heavy atom. The molecule has 9 nitrogen and oxygen atoms in total. The quantitative estimate of drug-likeness (QED) is 0.566. The SMILES string of the molecule is COC(=O)C[C@](O)(CC(C)C)C(=O)O[C@@H]1C(OC)=C2C3CCN4CCc5cc6c(cc5[C@H]1[C@@]234)OCO6. The van der Waals surface area contributed by atoms with Crippen molar-refractivity contribution in [2.75, 3.05) is 34.1 Å². The predicted molar refractivity (Wildman–Crippen MR) is 126 cm³/mol. The van der Waals surface area contributed by atoms with E-state index in [-0.39, 0.29) is 30.6 Å². The Hall–Kier alpha value is -2.78. The third-order valence-corrected chi connectivity index (χ3v) is 8.60. The monoisotopic (exact) mass is 499 g/mol. The lowest BCUT2D eigenvalue weighted by Crippen LogP contribution is -2.48. The van der Waals surface area contributed by atoms with E-state index in [1.54, 1.807) is 7.11 Å². The molecule has 1 saturated heterocycles. The summed E-state index contributed by atoms with van der Waals surface area (Å²) in [5.74, 6) is 0.704. The van der Waals surface area contributed by atoms with E-state index in [9.17, 15) is 14.7 Å². The Morgan fingerprint density at radius 1 is 1.22 bits per heavy atom. The molecule has 1 aromatic rings. The maximum Gasteiger partial charge on any atom is 0.339 e. The number of piperidine rings is 1. The van der Waals surface area contributed by atoms with Gasteiger partial charge in [0.1, 0.15) is 5.76 Å². The minimum absolute atomic E-state index is 0.0453. The van der Waals surface area contributed by atoms with E-state index >= 15 is 0 Å². The number of ether oxygens (including phenoxy) is 5. The molecule has 0 aromatic heterocycles. The zero-order valence-corrected chi connectivity index (χ0v) is 21.2. The molecule has 5 aliphatic rings. The molecule has 0 radical (unpaired) electrons. The topological polar surface area (TPSA) is 104 Å². The van der Waals surface area contributed by atoms with Crippen LogP contribution >= 0.6 is 0 Å². The number of hydrogen-bond donors (Lipinski definition) is 1. The summed E-state index contributed by atoms with van der Waals surface area (Å²) in [5.41, 5.74) is 1.16.